The molecule has 52 heavy (non-hydrogen) atoms. The van der Waals surface area contributed by atoms with Crippen LogP contribution in [-0.2, 0) is 4.74 Å². The van der Waals surface area contributed by atoms with Crippen LogP contribution in [0.15, 0.2) is 71.1 Å². The van der Waals surface area contributed by atoms with Crippen LogP contribution in [0, 0.1) is 0 Å². The molecule has 12 N–H and O–H groups in total. The third kappa shape index (κ3) is 5.82. The predicted octanol–water partition coefficient (Wildman–Crippen LogP) is 2.13. The van der Waals surface area contributed by atoms with Crippen molar-refractivity contribution in [2.24, 2.45) is 0 Å². The maximum Gasteiger partial charge on any atom is 0.402 e. The summed E-state index contributed by atoms with van der Waals surface area (Å²) in [4.78, 5) is 0. The molecule has 1 aromatic heterocycles. The monoisotopic (exact) mass is 721 g/mol. The summed E-state index contributed by atoms with van der Waals surface area (Å²) in [6, 6.07) is 13.4. The number of hydrogen-bond donors (Lipinski definition) is 12. The molecule has 16 heteroatoms. The van der Waals surface area contributed by atoms with Gasteiger partial charge in [-0.3, -0.25) is 0 Å². The lowest BCUT2D eigenvalue weighted by Crippen LogP contribution is -2.60. The van der Waals surface area contributed by atoms with Gasteiger partial charge in [0.1, 0.15) is 76.0 Å². The Bertz CT molecular complexity index is 2150. The van der Waals surface area contributed by atoms with Crippen LogP contribution in [0.2, 0.25) is 0 Å². The van der Waals surface area contributed by atoms with Crippen LogP contribution in [0.4, 0.5) is 0 Å². The molecule has 7 rings (SSSR count). The molecule has 3 heterocycles. The molecule has 0 amide bonds. The van der Waals surface area contributed by atoms with E-state index in [0.29, 0.717) is 0 Å². The van der Waals surface area contributed by atoms with Gasteiger partial charge in [-0.25, -0.2) is 4.42 Å². The first-order valence-corrected chi connectivity index (χ1v) is 15.8. The van der Waals surface area contributed by atoms with Gasteiger partial charge in [-0.2, -0.15) is 0 Å². The highest BCUT2D eigenvalue weighted by atomic mass is 16.7. The molecule has 272 valence electrons. The Balaban J connectivity index is 1.46. The van der Waals surface area contributed by atoms with Gasteiger partial charge in [-0.05, 0) is 42.0 Å². The minimum Gasteiger partial charge on any atom is -0.508 e. The largest absolute Gasteiger partial charge is 0.508 e. The topological polar surface area (TPSA) is 282 Å². The summed E-state index contributed by atoms with van der Waals surface area (Å²) in [5, 5.41) is 127. The molecule has 1 fully saturated rings. The number of aliphatic hydroxyl groups excluding tert-OH is 5. The number of phenolic OH excluding ortho intramolecular Hbond substituents is 7. The minimum absolute atomic E-state index is 0.102. The molecule has 2 aliphatic rings. The van der Waals surface area contributed by atoms with Gasteiger partial charge in [0.2, 0.25) is 12.0 Å². The van der Waals surface area contributed by atoms with E-state index in [2.05, 4.69) is 0 Å². The third-order valence-corrected chi connectivity index (χ3v) is 9.20. The van der Waals surface area contributed by atoms with Crippen molar-refractivity contribution in [3.63, 3.8) is 0 Å². The van der Waals surface area contributed by atoms with Crippen LogP contribution in [-0.4, -0.2) is 105 Å². The van der Waals surface area contributed by atoms with Crippen LogP contribution < -0.4 is 9.47 Å². The first kappa shape index (κ1) is 34.7. The first-order valence-electron chi connectivity index (χ1n) is 15.8. The van der Waals surface area contributed by atoms with Crippen molar-refractivity contribution in [1.82, 2.24) is 0 Å². The molecule has 2 aliphatic heterocycles. The normalized spacial score (nSPS) is 25.7. The first-order chi connectivity index (χ1) is 24.8. The van der Waals surface area contributed by atoms with E-state index in [0.717, 1.165) is 30.3 Å². The van der Waals surface area contributed by atoms with Crippen LogP contribution in [0.5, 0.6) is 51.7 Å². The van der Waals surface area contributed by atoms with E-state index in [4.69, 9.17) is 18.6 Å². The maximum absolute atomic E-state index is 12.0. The fraction of sp³-hybridized carbons (Fsp3) is 0.250. The van der Waals surface area contributed by atoms with Crippen molar-refractivity contribution in [2.45, 2.75) is 48.8 Å². The highest BCUT2D eigenvalue weighted by Crippen LogP contribution is 2.55. The van der Waals surface area contributed by atoms with Crippen LogP contribution in [0.3, 0.4) is 0 Å². The molecule has 4 aromatic carbocycles. The van der Waals surface area contributed by atoms with Crippen molar-refractivity contribution in [1.29, 1.82) is 0 Å². The van der Waals surface area contributed by atoms with Crippen molar-refractivity contribution < 1.29 is 79.9 Å². The molecule has 0 bridgehead atoms. The van der Waals surface area contributed by atoms with Crippen molar-refractivity contribution in [2.75, 3.05) is 6.61 Å². The highest BCUT2D eigenvalue weighted by molar-refractivity contribution is 5.92. The van der Waals surface area contributed by atoms with Crippen molar-refractivity contribution in [3.05, 3.63) is 83.4 Å². The molecule has 0 saturated carbocycles. The van der Waals surface area contributed by atoms with E-state index in [9.17, 15) is 61.3 Å². The van der Waals surface area contributed by atoms with E-state index in [1.807, 2.05) is 0 Å². The zero-order valence-corrected chi connectivity index (χ0v) is 26.7. The van der Waals surface area contributed by atoms with Crippen LogP contribution >= 0.6 is 0 Å². The van der Waals surface area contributed by atoms with E-state index < -0.39 is 89.9 Å². The standard InChI is InChI=1S/C36H32O16/c37-12-25-29(45)31(47)32(48)36(51-25)50-24-10-17-19(41)11-22(44)27(35(17)52-33(24)13-1-4-15(38)5-2-13)28-26-21(43)8-16(39)9-23(26)49-34(30(28)46)14-3-6-18(40)20(42)7-14/h1-11,25,28-32,34,36-37,45-48H,12H2,(H6-,38,39,40,41,42,43,44)/p+1/t25-,28+,29-,30+,31+,32-,34-,36-/m1/s1. The summed E-state index contributed by atoms with van der Waals surface area (Å²) < 4.78 is 23.8. The Kier molecular flexibility index (Phi) is 8.74. The molecule has 0 aliphatic carbocycles. The number of fused-ring (bicyclic) bond motifs is 2. The Morgan fingerprint density at radius 2 is 1.35 bits per heavy atom. The quantitative estimate of drug-likeness (QED) is 0.0883. The fourth-order valence-corrected chi connectivity index (χ4v) is 6.61. The second kappa shape index (κ2) is 13.1. The molecular formula is C36H33O16+. The number of ether oxygens (including phenoxy) is 3. The molecule has 0 spiro atoms. The Hall–Kier alpha value is -5.75. The second-order valence-corrected chi connectivity index (χ2v) is 12.5. The molecule has 5 aromatic rings. The highest BCUT2D eigenvalue weighted by Gasteiger charge is 2.48. The predicted molar refractivity (Wildman–Crippen MR) is 176 cm³/mol. The number of phenols is 7. The van der Waals surface area contributed by atoms with Crippen LogP contribution in [0.25, 0.3) is 22.3 Å². The molecular weight excluding hydrogens is 688 g/mol. The van der Waals surface area contributed by atoms with Gasteiger partial charge in [-0.1, -0.05) is 6.07 Å². The lowest BCUT2D eigenvalue weighted by molar-refractivity contribution is -0.277. The summed E-state index contributed by atoms with van der Waals surface area (Å²) in [6.07, 6.45) is -11.4. The Morgan fingerprint density at radius 3 is 2.04 bits per heavy atom. The third-order valence-electron chi connectivity index (χ3n) is 9.20. The number of rotatable bonds is 6. The number of aromatic hydroxyl groups is 7. The zero-order valence-electron chi connectivity index (χ0n) is 26.7. The Labute approximate surface area is 292 Å². The van der Waals surface area contributed by atoms with Crippen molar-refractivity contribution in [3.8, 4) is 63.1 Å². The summed E-state index contributed by atoms with van der Waals surface area (Å²) in [5.41, 5.74) is -0.182. The lowest BCUT2D eigenvalue weighted by Gasteiger charge is -2.39. The van der Waals surface area contributed by atoms with E-state index in [1.165, 1.54) is 36.4 Å². The minimum atomic E-state index is -1.84. The van der Waals surface area contributed by atoms with E-state index in [-0.39, 0.29) is 56.2 Å². The summed E-state index contributed by atoms with van der Waals surface area (Å²) in [6.45, 7) is -0.745. The lowest BCUT2D eigenvalue weighted by atomic mass is 9.78. The Morgan fingerprint density at radius 1 is 0.635 bits per heavy atom. The maximum atomic E-state index is 12.0. The fourth-order valence-electron chi connectivity index (χ4n) is 6.61. The van der Waals surface area contributed by atoms with Crippen LogP contribution in [0.1, 0.15) is 28.7 Å². The van der Waals surface area contributed by atoms with Gasteiger partial charge in [-0.15, -0.1) is 0 Å². The summed E-state index contributed by atoms with van der Waals surface area (Å²) in [5.74, 6) is -5.21. The summed E-state index contributed by atoms with van der Waals surface area (Å²) in [7, 11) is 0. The van der Waals surface area contributed by atoms with E-state index >= 15 is 0 Å². The number of benzene rings is 4. The number of hydrogen-bond acceptors (Lipinski definition) is 15. The molecule has 1 saturated heterocycles. The SMILES string of the molecule is OC[C@H]1O[C@@H](Oc2cc3c(O)cc(O)c([C@@H]4c5c(O)cc(O)cc5O[C@H](c5ccc(O)c(O)c5)[C@H]4O)c3[o+]c2-c2ccc(O)cc2)[C@H](O)[C@@H](O)[C@@H]1O. The molecule has 0 unspecified atom stereocenters. The second-order valence-electron chi connectivity index (χ2n) is 12.5. The van der Waals surface area contributed by atoms with E-state index in [1.54, 1.807) is 0 Å². The van der Waals surface area contributed by atoms with Gasteiger partial charge in [0.05, 0.1) is 18.1 Å². The van der Waals surface area contributed by atoms with Gasteiger partial charge < -0.3 is 75.5 Å². The number of aliphatic hydroxyl groups is 5. The van der Waals surface area contributed by atoms with Crippen molar-refractivity contribution >= 4 is 11.0 Å². The van der Waals surface area contributed by atoms with Gasteiger partial charge >= 0.3 is 11.3 Å². The summed E-state index contributed by atoms with van der Waals surface area (Å²) >= 11 is 0. The van der Waals surface area contributed by atoms with Gasteiger partial charge in [0.25, 0.3) is 0 Å². The average molecular weight is 722 g/mol. The smallest absolute Gasteiger partial charge is 0.402 e. The molecule has 16 nitrogen and oxygen atoms in total. The zero-order chi connectivity index (χ0) is 37.2. The molecule has 8 atom stereocenters. The van der Waals surface area contributed by atoms with Gasteiger partial charge in [0.15, 0.2) is 17.6 Å². The van der Waals surface area contributed by atoms with Gasteiger partial charge in [0, 0.05) is 29.8 Å². The average Bonchev–Trinajstić information content (AvgIpc) is 3.10. The molecule has 0 radical (unpaired) electrons.